The highest BCUT2D eigenvalue weighted by molar-refractivity contribution is 6.04. The molecule has 8 heteroatoms. The molecule has 0 saturated carbocycles. The first-order valence-electron chi connectivity index (χ1n) is 8.91. The fourth-order valence-corrected chi connectivity index (χ4v) is 3.27. The first-order chi connectivity index (χ1) is 13.5. The van der Waals surface area contributed by atoms with Gasteiger partial charge in [0.05, 0.1) is 17.5 Å². The third-order valence-electron chi connectivity index (χ3n) is 4.86. The summed E-state index contributed by atoms with van der Waals surface area (Å²) in [5, 5.41) is 8.03. The van der Waals surface area contributed by atoms with E-state index in [0.29, 0.717) is 23.2 Å². The van der Waals surface area contributed by atoms with E-state index in [9.17, 15) is 14.4 Å². The standard InChI is InChI=1S/C20H18N4O4/c1-3-24-17-7-5-13(9-15(17)21-22-24)20(27)28-11-18(25)12-4-6-16-14(8-12)10-19(26)23(16)2/h4-9H,3,10-11H2,1-2H3. The minimum absolute atomic E-state index is 0.0126. The number of likely N-dealkylation sites (N-methyl/N-ethyl adjacent to an activating group) is 1. The Hall–Kier alpha value is -3.55. The Bertz CT molecular complexity index is 1120. The third-order valence-corrected chi connectivity index (χ3v) is 4.86. The molecule has 3 aromatic rings. The maximum atomic E-state index is 12.4. The molecule has 142 valence electrons. The molecule has 0 radical (unpaired) electrons. The van der Waals surface area contributed by atoms with Crippen LogP contribution >= 0.6 is 0 Å². The summed E-state index contributed by atoms with van der Waals surface area (Å²) in [5.74, 6) is -0.935. The van der Waals surface area contributed by atoms with Gasteiger partial charge in [0.2, 0.25) is 5.91 Å². The fourth-order valence-electron chi connectivity index (χ4n) is 3.27. The van der Waals surface area contributed by atoms with Gasteiger partial charge in [-0.2, -0.15) is 0 Å². The molecule has 0 fully saturated rings. The smallest absolute Gasteiger partial charge is 0.338 e. The number of ether oxygens (including phenoxy) is 1. The summed E-state index contributed by atoms with van der Waals surface area (Å²) in [5.41, 5.74) is 3.74. The maximum Gasteiger partial charge on any atom is 0.338 e. The van der Waals surface area contributed by atoms with Crippen LogP contribution in [0.4, 0.5) is 5.69 Å². The van der Waals surface area contributed by atoms with Gasteiger partial charge in [0, 0.05) is 24.8 Å². The van der Waals surface area contributed by atoms with Gasteiger partial charge in [-0.05, 0) is 48.9 Å². The first kappa shape index (κ1) is 17.8. The van der Waals surface area contributed by atoms with Crippen LogP contribution in [0.3, 0.4) is 0 Å². The van der Waals surface area contributed by atoms with Gasteiger partial charge in [-0.3, -0.25) is 9.59 Å². The van der Waals surface area contributed by atoms with E-state index in [1.165, 1.54) is 0 Å². The Kier molecular flexibility index (Phi) is 4.38. The zero-order valence-corrected chi connectivity index (χ0v) is 15.5. The molecule has 4 rings (SSSR count). The highest BCUT2D eigenvalue weighted by Crippen LogP contribution is 2.28. The minimum Gasteiger partial charge on any atom is -0.454 e. The van der Waals surface area contributed by atoms with E-state index < -0.39 is 5.97 Å². The molecule has 2 aromatic carbocycles. The highest BCUT2D eigenvalue weighted by atomic mass is 16.5. The van der Waals surface area contributed by atoms with Crippen molar-refractivity contribution < 1.29 is 19.1 Å². The van der Waals surface area contributed by atoms with Crippen LogP contribution < -0.4 is 4.90 Å². The number of aromatic nitrogens is 3. The van der Waals surface area contributed by atoms with Gasteiger partial charge in [-0.25, -0.2) is 9.48 Å². The molecule has 1 aliphatic rings. The van der Waals surface area contributed by atoms with Crippen LogP contribution in [0.1, 0.15) is 33.2 Å². The van der Waals surface area contributed by atoms with Crippen molar-refractivity contribution in [3.05, 3.63) is 53.1 Å². The summed E-state index contributed by atoms with van der Waals surface area (Å²) >= 11 is 0. The van der Waals surface area contributed by atoms with Gasteiger partial charge in [-0.1, -0.05) is 5.21 Å². The summed E-state index contributed by atoms with van der Waals surface area (Å²) in [6.45, 7) is 2.26. The molecule has 28 heavy (non-hydrogen) atoms. The van der Waals surface area contributed by atoms with Crippen LogP contribution in [0.5, 0.6) is 0 Å². The van der Waals surface area contributed by atoms with Crippen molar-refractivity contribution in [1.82, 2.24) is 15.0 Å². The van der Waals surface area contributed by atoms with Gasteiger partial charge in [0.25, 0.3) is 0 Å². The summed E-state index contributed by atoms with van der Waals surface area (Å²) in [6.07, 6.45) is 0.269. The topological polar surface area (TPSA) is 94.4 Å². The second-order valence-corrected chi connectivity index (χ2v) is 6.58. The van der Waals surface area contributed by atoms with E-state index in [4.69, 9.17) is 4.74 Å². The average molecular weight is 378 g/mol. The van der Waals surface area contributed by atoms with Crippen LogP contribution in [-0.2, 0) is 22.5 Å². The number of Topliss-reactive ketones (excluding diaryl/α,β-unsaturated/α-hetero) is 1. The summed E-state index contributed by atoms with van der Waals surface area (Å²) < 4.78 is 6.89. The number of amides is 1. The van der Waals surface area contributed by atoms with Crippen molar-refractivity contribution in [2.24, 2.45) is 0 Å². The lowest BCUT2D eigenvalue weighted by Crippen LogP contribution is -2.20. The van der Waals surface area contributed by atoms with Gasteiger partial charge >= 0.3 is 5.97 Å². The Balaban J connectivity index is 1.44. The Labute approximate surface area is 160 Å². The number of benzene rings is 2. The van der Waals surface area contributed by atoms with Crippen molar-refractivity contribution in [1.29, 1.82) is 0 Å². The Morgan fingerprint density at radius 2 is 1.93 bits per heavy atom. The third kappa shape index (κ3) is 3.02. The molecule has 0 saturated heterocycles. The van der Waals surface area contributed by atoms with Gasteiger partial charge in [-0.15, -0.1) is 5.10 Å². The summed E-state index contributed by atoms with van der Waals surface area (Å²) in [7, 11) is 1.70. The number of hydrogen-bond acceptors (Lipinski definition) is 6. The van der Waals surface area contributed by atoms with E-state index in [2.05, 4.69) is 10.3 Å². The molecule has 8 nitrogen and oxygen atoms in total. The molecular weight excluding hydrogens is 360 g/mol. The maximum absolute atomic E-state index is 12.4. The Morgan fingerprint density at radius 1 is 1.14 bits per heavy atom. The SMILES string of the molecule is CCn1nnc2cc(C(=O)OCC(=O)c3ccc4c(c3)CC(=O)N4C)ccc21. The number of carbonyl (C=O) groups excluding carboxylic acids is 3. The zero-order chi connectivity index (χ0) is 19.8. The number of anilines is 1. The normalized spacial score (nSPS) is 13.1. The lowest BCUT2D eigenvalue weighted by molar-refractivity contribution is -0.117. The van der Waals surface area contributed by atoms with Gasteiger partial charge in [0.1, 0.15) is 5.52 Å². The van der Waals surface area contributed by atoms with Crippen LogP contribution in [0, 0.1) is 0 Å². The van der Waals surface area contributed by atoms with Crippen molar-refractivity contribution >= 4 is 34.4 Å². The molecule has 1 aliphatic heterocycles. The number of esters is 1. The molecule has 1 aromatic heterocycles. The molecule has 0 spiro atoms. The first-order valence-corrected chi connectivity index (χ1v) is 8.91. The van der Waals surface area contributed by atoms with Crippen LogP contribution in [0.25, 0.3) is 11.0 Å². The van der Waals surface area contributed by atoms with E-state index in [0.717, 1.165) is 16.8 Å². The van der Waals surface area contributed by atoms with Crippen molar-refractivity contribution in [2.75, 3.05) is 18.6 Å². The quantitative estimate of drug-likeness (QED) is 0.498. The highest BCUT2D eigenvalue weighted by Gasteiger charge is 2.25. The molecule has 0 bridgehead atoms. The minimum atomic E-state index is -0.600. The van der Waals surface area contributed by atoms with E-state index in [1.807, 2.05) is 6.92 Å². The van der Waals surface area contributed by atoms with E-state index in [-0.39, 0.29) is 24.7 Å². The number of hydrogen-bond donors (Lipinski definition) is 0. The largest absolute Gasteiger partial charge is 0.454 e. The average Bonchev–Trinajstić information content (AvgIpc) is 3.25. The predicted molar refractivity (Wildman–Crippen MR) is 101 cm³/mol. The molecule has 0 atom stereocenters. The molecule has 0 aliphatic carbocycles. The van der Waals surface area contributed by atoms with E-state index >= 15 is 0 Å². The number of aryl methyl sites for hydroxylation is 1. The van der Waals surface area contributed by atoms with Crippen LogP contribution in [0.15, 0.2) is 36.4 Å². The fraction of sp³-hybridized carbons (Fsp3) is 0.250. The second-order valence-electron chi connectivity index (χ2n) is 6.58. The number of rotatable bonds is 5. The number of ketones is 1. The van der Waals surface area contributed by atoms with Crippen LogP contribution in [-0.4, -0.2) is 46.3 Å². The van der Waals surface area contributed by atoms with Crippen molar-refractivity contribution in [2.45, 2.75) is 19.9 Å². The lowest BCUT2D eigenvalue weighted by Gasteiger charge is -2.10. The van der Waals surface area contributed by atoms with Gasteiger partial charge in [0.15, 0.2) is 12.4 Å². The summed E-state index contributed by atoms with van der Waals surface area (Å²) in [6, 6.07) is 10.0. The molecule has 2 heterocycles. The molecular formula is C20H18N4O4. The monoisotopic (exact) mass is 378 g/mol. The predicted octanol–water partition coefficient (Wildman–Crippen LogP) is 2.01. The molecule has 0 N–H and O–H groups in total. The second kappa shape index (κ2) is 6.88. The van der Waals surface area contributed by atoms with Crippen molar-refractivity contribution in [3.8, 4) is 0 Å². The Morgan fingerprint density at radius 3 is 2.71 bits per heavy atom. The van der Waals surface area contributed by atoms with Crippen molar-refractivity contribution in [3.63, 3.8) is 0 Å². The number of nitrogens with zero attached hydrogens (tertiary/aromatic N) is 4. The van der Waals surface area contributed by atoms with E-state index in [1.54, 1.807) is 53.0 Å². The van der Waals surface area contributed by atoms with Crippen LogP contribution in [0.2, 0.25) is 0 Å². The number of fused-ring (bicyclic) bond motifs is 2. The molecule has 0 unspecified atom stereocenters. The van der Waals surface area contributed by atoms with Gasteiger partial charge < -0.3 is 9.64 Å². The molecule has 1 amide bonds. The number of carbonyl (C=O) groups is 3. The zero-order valence-electron chi connectivity index (χ0n) is 15.5. The lowest BCUT2D eigenvalue weighted by atomic mass is 10.1. The summed E-state index contributed by atoms with van der Waals surface area (Å²) in [4.78, 5) is 38.0.